The third kappa shape index (κ3) is 2.36. The van der Waals surface area contributed by atoms with E-state index in [1.807, 2.05) is 0 Å². The zero-order chi connectivity index (χ0) is 9.10. The SMILES string of the molecule is CN1CCN(Nc2nncs2)CC1. The molecular formula is C7H13N5S. The van der Waals surface area contributed by atoms with Gasteiger partial charge in [0.05, 0.1) is 0 Å². The fraction of sp³-hybridized carbons (Fsp3) is 0.714. The molecule has 0 radical (unpaired) electrons. The second-order valence-corrected chi connectivity index (χ2v) is 3.98. The first-order valence-corrected chi connectivity index (χ1v) is 5.19. The Morgan fingerprint density at radius 2 is 2.15 bits per heavy atom. The van der Waals surface area contributed by atoms with Gasteiger partial charge in [-0.25, -0.2) is 5.01 Å². The van der Waals surface area contributed by atoms with Crippen molar-refractivity contribution in [1.29, 1.82) is 0 Å². The van der Waals surface area contributed by atoms with Crippen molar-refractivity contribution in [2.75, 3.05) is 38.7 Å². The standard InChI is InChI=1S/C7H13N5S/c1-11-2-4-12(5-3-11)10-7-9-8-6-13-7/h6H,2-5H2,1H3,(H,9,10). The molecule has 1 aromatic rings. The molecule has 6 heteroatoms. The number of hydrogen-bond donors (Lipinski definition) is 1. The van der Waals surface area contributed by atoms with Crippen molar-refractivity contribution in [3.8, 4) is 0 Å². The van der Waals surface area contributed by atoms with Crippen LogP contribution in [0.5, 0.6) is 0 Å². The fourth-order valence-electron chi connectivity index (χ4n) is 1.28. The van der Waals surface area contributed by atoms with E-state index in [-0.39, 0.29) is 0 Å². The highest BCUT2D eigenvalue weighted by molar-refractivity contribution is 7.13. The van der Waals surface area contributed by atoms with Gasteiger partial charge in [0, 0.05) is 26.2 Å². The molecule has 0 amide bonds. The second-order valence-electron chi connectivity index (χ2n) is 3.15. The first-order chi connectivity index (χ1) is 6.34. The summed E-state index contributed by atoms with van der Waals surface area (Å²) in [6.45, 7) is 4.28. The second kappa shape index (κ2) is 3.99. The van der Waals surface area contributed by atoms with Crippen LogP contribution in [0.1, 0.15) is 0 Å². The summed E-state index contributed by atoms with van der Waals surface area (Å²) in [7, 11) is 2.14. The lowest BCUT2D eigenvalue weighted by atomic mass is 10.4. The van der Waals surface area contributed by atoms with E-state index in [1.54, 1.807) is 5.51 Å². The smallest absolute Gasteiger partial charge is 0.219 e. The highest BCUT2D eigenvalue weighted by atomic mass is 32.1. The summed E-state index contributed by atoms with van der Waals surface area (Å²) in [5, 5.41) is 10.8. The summed E-state index contributed by atoms with van der Waals surface area (Å²) in [5.74, 6) is 0. The maximum Gasteiger partial charge on any atom is 0.219 e. The predicted octanol–water partition coefficient (Wildman–Crippen LogP) is 0.112. The van der Waals surface area contributed by atoms with Gasteiger partial charge in [-0.05, 0) is 7.05 Å². The Morgan fingerprint density at radius 1 is 1.38 bits per heavy atom. The zero-order valence-corrected chi connectivity index (χ0v) is 8.42. The zero-order valence-electron chi connectivity index (χ0n) is 7.60. The van der Waals surface area contributed by atoms with Crippen LogP contribution in [0.4, 0.5) is 5.13 Å². The molecule has 2 heterocycles. The van der Waals surface area contributed by atoms with E-state index in [2.05, 4.69) is 32.6 Å². The van der Waals surface area contributed by atoms with Gasteiger partial charge in [0.15, 0.2) is 0 Å². The van der Waals surface area contributed by atoms with Crippen LogP contribution < -0.4 is 5.43 Å². The maximum atomic E-state index is 3.93. The van der Waals surface area contributed by atoms with E-state index in [1.165, 1.54) is 11.3 Å². The number of rotatable bonds is 2. The normalized spacial score (nSPS) is 20.4. The van der Waals surface area contributed by atoms with Crippen LogP contribution in [0.2, 0.25) is 0 Å². The lowest BCUT2D eigenvalue weighted by Gasteiger charge is -2.31. The van der Waals surface area contributed by atoms with Crippen LogP contribution in [0.15, 0.2) is 5.51 Å². The quantitative estimate of drug-likeness (QED) is 0.732. The van der Waals surface area contributed by atoms with Crippen molar-refractivity contribution in [3.05, 3.63) is 5.51 Å². The molecule has 1 saturated heterocycles. The van der Waals surface area contributed by atoms with Gasteiger partial charge in [-0.3, -0.25) is 5.43 Å². The Bertz CT molecular complexity index is 241. The molecule has 0 bridgehead atoms. The molecule has 72 valence electrons. The highest BCUT2D eigenvalue weighted by Crippen LogP contribution is 2.10. The van der Waals surface area contributed by atoms with Gasteiger partial charge < -0.3 is 4.90 Å². The Hall–Kier alpha value is -0.720. The van der Waals surface area contributed by atoms with Crippen molar-refractivity contribution >= 4 is 16.5 Å². The van der Waals surface area contributed by atoms with Gasteiger partial charge in [0.25, 0.3) is 0 Å². The van der Waals surface area contributed by atoms with Crippen molar-refractivity contribution in [2.45, 2.75) is 0 Å². The van der Waals surface area contributed by atoms with Crippen LogP contribution in [-0.2, 0) is 0 Å². The summed E-state index contributed by atoms with van der Waals surface area (Å²) in [6, 6.07) is 0. The minimum Gasteiger partial charge on any atom is -0.304 e. The molecule has 0 aromatic carbocycles. The van der Waals surface area contributed by atoms with Crippen LogP contribution in [0.25, 0.3) is 0 Å². The van der Waals surface area contributed by atoms with E-state index in [4.69, 9.17) is 0 Å². The lowest BCUT2D eigenvalue weighted by Crippen LogP contribution is -2.46. The number of nitrogens with zero attached hydrogens (tertiary/aromatic N) is 4. The average molecular weight is 199 g/mol. The largest absolute Gasteiger partial charge is 0.304 e. The van der Waals surface area contributed by atoms with Crippen molar-refractivity contribution < 1.29 is 0 Å². The average Bonchev–Trinajstić information content (AvgIpc) is 2.62. The van der Waals surface area contributed by atoms with E-state index >= 15 is 0 Å². The molecule has 0 unspecified atom stereocenters. The number of anilines is 1. The third-order valence-corrected chi connectivity index (χ3v) is 2.71. The Labute approximate surface area is 81.3 Å². The van der Waals surface area contributed by atoms with Gasteiger partial charge in [0.2, 0.25) is 5.13 Å². The molecule has 1 aromatic heterocycles. The summed E-state index contributed by atoms with van der Waals surface area (Å²) in [6.07, 6.45) is 0. The maximum absolute atomic E-state index is 3.93. The summed E-state index contributed by atoms with van der Waals surface area (Å²) in [4.78, 5) is 2.32. The molecule has 13 heavy (non-hydrogen) atoms. The minimum atomic E-state index is 0.879. The summed E-state index contributed by atoms with van der Waals surface area (Å²) >= 11 is 1.53. The van der Waals surface area contributed by atoms with Crippen molar-refractivity contribution in [2.24, 2.45) is 0 Å². The number of piperazine rings is 1. The van der Waals surface area contributed by atoms with Gasteiger partial charge in [0.1, 0.15) is 5.51 Å². The Balaban J connectivity index is 1.83. The van der Waals surface area contributed by atoms with E-state index in [0.29, 0.717) is 0 Å². The molecule has 0 atom stereocenters. The van der Waals surface area contributed by atoms with Crippen LogP contribution in [0, 0.1) is 0 Å². The lowest BCUT2D eigenvalue weighted by molar-refractivity contribution is 0.179. The Kier molecular flexibility index (Phi) is 2.72. The Morgan fingerprint density at radius 3 is 2.77 bits per heavy atom. The van der Waals surface area contributed by atoms with Crippen LogP contribution >= 0.6 is 11.3 Å². The summed E-state index contributed by atoms with van der Waals surface area (Å²) < 4.78 is 0. The number of hydrogen-bond acceptors (Lipinski definition) is 6. The fourth-order valence-corrected chi connectivity index (χ4v) is 1.75. The number of likely N-dealkylation sites (N-methyl/N-ethyl adjacent to an activating group) is 1. The topological polar surface area (TPSA) is 44.3 Å². The molecule has 0 saturated carbocycles. The summed E-state index contributed by atoms with van der Waals surface area (Å²) in [5.41, 5.74) is 4.97. The molecule has 2 rings (SSSR count). The van der Waals surface area contributed by atoms with Crippen molar-refractivity contribution in [1.82, 2.24) is 20.1 Å². The minimum absolute atomic E-state index is 0.879. The first kappa shape index (κ1) is 8.86. The van der Waals surface area contributed by atoms with Crippen LogP contribution in [0.3, 0.4) is 0 Å². The van der Waals surface area contributed by atoms with Crippen LogP contribution in [-0.4, -0.2) is 53.3 Å². The van der Waals surface area contributed by atoms with E-state index < -0.39 is 0 Å². The van der Waals surface area contributed by atoms with Gasteiger partial charge in [-0.2, -0.15) is 0 Å². The molecule has 1 aliphatic rings. The van der Waals surface area contributed by atoms with Gasteiger partial charge in [-0.15, -0.1) is 10.2 Å². The molecule has 5 nitrogen and oxygen atoms in total. The molecular weight excluding hydrogens is 186 g/mol. The van der Waals surface area contributed by atoms with Gasteiger partial charge in [-0.1, -0.05) is 11.3 Å². The number of aromatic nitrogens is 2. The third-order valence-electron chi connectivity index (χ3n) is 2.12. The van der Waals surface area contributed by atoms with E-state index in [9.17, 15) is 0 Å². The number of nitrogens with one attached hydrogen (secondary N) is 1. The van der Waals surface area contributed by atoms with Gasteiger partial charge >= 0.3 is 0 Å². The monoisotopic (exact) mass is 199 g/mol. The predicted molar refractivity (Wildman–Crippen MR) is 52.6 cm³/mol. The molecule has 1 N–H and O–H groups in total. The highest BCUT2D eigenvalue weighted by Gasteiger charge is 2.13. The molecule has 0 spiro atoms. The number of hydrazine groups is 1. The van der Waals surface area contributed by atoms with E-state index in [0.717, 1.165) is 31.3 Å². The molecule has 1 aliphatic heterocycles. The molecule has 0 aliphatic carbocycles. The first-order valence-electron chi connectivity index (χ1n) is 4.31. The molecule has 1 fully saturated rings. The van der Waals surface area contributed by atoms with Crippen molar-refractivity contribution in [3.63, 3.8) is 0 Å².